The van der Waals surface area contributed by atoms with Crippen molar-refractivity contribution >= 4 is 0 Å². The van der Waals surface area contributed by atoms with Gasteiger partial charge in [-0.15, -0.1) is 0 Å². The second-order valence-electron chi connectivity index (χ2n) is 5.15. The second-order valence-corrected chi connectivity index (χ2v) is 5.15. The van der Waals surface area contributed by atoms with Crippen LogP contribution in [0.1, 0.15) is 49.7 Å². The summed E-state index contributed by atoms with van der Waals surface area (Å²) in [6.07, 6.45) is 1.04. The highest BCUT2D eigenvalue weighted by atomic mass is 16.5. The molecule has 3 heteroatoms. The van der Waals surface area contributed by atoms with E-state index in [0.717, 1.165) is 23.4 Å². The summed E-state index contributed by atoms with van der Waals surface area (Å²) < 4.78 is 5.35. The zero-order valence-corrected chi connectivity index (χ0v) is 11.4. The van der Waals surface area contributed by atoms with Crippen LogP contribution in [0.15, 0.2) is 12.1 Å². The van der Waals surface area contributed by atoms with E-state index in [9.17, 15) is 5.11 Å². The first-order valence-corrected chi connectivity index (χ1v) is 6.03. The number of methoxy groups -OCH3 is 1. The van der Waals surface area contributed by atoms with E-state index < -0.39 is 6.10 Å². The Hall–Kier alpha value is -0.930. The monoisotopic (exact) mass is 237 g/mol. The van der Waals surface area contributed by atoms with E-state index >= 15 is 0 Å². The molecule has 0 spiro atoms. The van der Waals surface area contributed by atoms with Gasteiger partial charge in [-0.1, -0.05) is 6.07 Å². The van der Waals surface area contributed by atoms with Crippen LogP contribution in [-0.4, -0.2) is 22.8 Å². The van der Waals surface area contributed by atoms with Crippen molar-refractivity contribution in [1.82, 2.24) is 4.98 Å². The Bertz CT molecular complexity index is 374. The normalized spacial score (nSPS) is 13.8. The number of aliphatic hydroxyl groups is 1. The topological polar surface area (TPSA) is 42.4 Å². The van der Waals surface area contributed by atoms with E-state index in [1.807, 2.05) is 39.8 Å². The number of nitrogens with zero attached hydrogens (tertiary/aromatic N) is 1. The highest BCUT2D eigenvalue weighted by Crippen LogP contribution is 2.25. The maximum Gasteiger partial charge on any atom is 0.0808 e. The van der Waals surface area contributed by atoms with E-state index in [0.29, 0.717) is 6.42 Å². The molecule has 1 heterocycles. The van der Waals surface area contributed by atoms with Crippen LogP contribution in [-0.2, 0) is 4.74 Å². The van der Waals surface area contributed by atoms with Gasteiger partial charge in [0.2, 0.25) is 0 Å². The molecule has 0 saturated carbocycles. The maximum atomic E-state index is 10.2. The molecular formula is C14H23NO2. The Morgan fingerprint density at radius 2 is 2.00 bits per heavy atom. The van der Waals surface area contributed by atoms with E-state index in [1.54, 1.807) is 7.11 Å². The Labute approximate surface area is 104 Å². The molecule has 0 aliphatic rings. The summed E-state index contributed by atoms with van der Waals surface area (Å²) in [4.78, 5) is 4.37. The van der Waals surface area contributed by atoms with E-state index in [2.05, 4.69) is 4.98 Å². The van der Waals surface area contributed by atoms with Crippen LogP contribution in [0.2, 0.25) is 0 Å². The largest absolute Gasteiger partial charge is 0.388 e. The molecule has 1 unspecified atom stereocenters. The summed E-state index contributed by atoms with van der Waals surface area (Å²) in [5.41, 5.74) is 2.62. The van der Waals surface area contributed by atoms with Crippen LogP contribution in [0, 0.1) is 13.8 Å². The number of rotatable bonds is 5. The molecule has 0 radical (unpaired) electrons. The van der Waals surface area contributed by atoms with Gasteiger partial charge in [0.25, 0.3) is 0 Å². The molecule has 17 heavy (non-hydrogen) atoms. The Morgan fingerprint density at radius 1 is 1.35 bits per heavy atom. The molecule has 3 nitrogen and oxygen atoms in total. The molecule has 1 aromatic heterocycles. The molecular weight excluding hydrogens is 214 g/mol. The minimum atomic E-state index is -0.461. The number of aliphatic hydroxyl groups excluding tert-OH is 1. The van der Waals surface area contributed by atoms with E-state index in [1.165, 1.54) is 0 Å². The summed E-state index contributed by atoms with van der Waals surface area (Å²) in [7, 11) is 1.70. The maximum absolute atomic E-state index is 10.2. The first-order chi connectivity index (χ1) is 7.85. The summed E-state index contributed by atoms with van der Waals surface area (Å²) >= 11 is 0. The molecule has 0 amide bonds. The van der Waals surface area contributed by atoms with Gasteiger partial charge in [-0.25, -0.2) is 0 Å². The van der Waals surface area contributed by atoms with Gasteiger partial charge in [-0.3, -0.25) is 4.98 Å². The number of pyridine rings is 1. The van der Waals surface area contributed by atoms with Gasteiger partial charge >= 0.3 is 0 Å². The fourth-order valence-electron chi connectivity index (χ4n) is 1.79. The van der Waals surface area contributed by atoms with Crippen LogP contribution in [0.3, 0.4) is 0 Å². The van der Waals surface area contributed by atoms with E-state index in [4.69, 9.17) is 4.74 Å². The van der Waals surface area contributed by atoms with Crippen molar-refractivity contribution in [3.8, 4) is 0 Å². The van der Waals surface area contributed by atoms with Crippen molar-refractivity contribution in [2.75, 3.05) is 7.11 Å². The summed E-state index contributed by atoms with van der Waals surface area (Å²) in [5, 5.41) is 10.2. The van der Waals surface area contributed by atoms with Crippen LogP contribution < -0.4 is 0 Å². The predicted molar refractivity (Wildman–Crippen MR) is 69.0 cm³/mol. The lowest BCUT2D eigenvalue weighted by atomic mass is 9.96. The first-order valence-electron chi connectivity index (χ1n) is 6.03. The fourth-order valence-corrected chi connectivity index (χ4v) is 1.79. The van der Waals surface area contributed by atoms with Gasteiger partial charge in [0.05, 0.1) is 11.7 Å². The third-order valence-electron chi connectivity index (χ3n) is 3.20. The zero-order valence-electron chi connectivity index (χ0n) is 11.4. The van der Waals surface area contributed by atoms with Crippen molar-refractivity contribution in [3.05, 3.63) is 29.1 Å². The van der Waals surface area contributed by atoms with Crippen LogP contribution in [0.4, 0.5) is 0 Å². The molecule has 1 atom stereocenters. The van der Waals surface area contributed by atoms with Crippen molar-refractivity contribution in [2.45, 2.75) is 52.2 Å². The number of hydrogen-bond acceptors (Lipinski definition) is 3. The minimum absolute atomic E-state index is 0.187. The van der Waals surface area contributed by atoms with Gasteiger partial charge in [-0.2, -0.15) is 0 Å². The first kappa shape index (κ1) is 14.1. The molecule has 0 aliphatic heterocycles. The van der Waals surface area contributed by atoms with Crippen LogP contribution in [0.25, 0.3) is 0 Å². The summed E-state index contributed by atoms with van der Waals surface area (Å²) in [6, 6.07) is 3.90. The van der Waals surface area contributed by atoms with Crippen LogP contribution >= 0.6 is 0 Å². The van der Waals surface area contributed by atoms with Crippen molar-refractivity contribution in [1.29, 1.82) is 0 Å². The highest BCUT2D eigenvalue weighted by molar-refractivity contribution is 5.23. The summed E-state index contributed by atoms with van der Waals surface area (Å²) in [6.45, 7) is 7.95. The number of aryl methyl sites for hydroxylation is 2. The lowest BCUT2D eigenvalue weighted by Crippen LogP contribution is -2.23. The third kappa shape index (κ3) is 4.10. The number of ether oxygens (including phenoxy) is 1. The third-order valence-corrected chi connectivity index (χ3v) is 3.20. The Kier molecular flexibility index (Phi) is 4.66. The SMILES string of the molecule is COC(C)(C)CCC(O)c1ccc(C)nc1C. The highest BCUT2D eigenvalue weighted by Gasteiger charge is 2.20. The number of aromatic nitrogens is 1. The van der Waals surface area contributed by atoms with Crippen molar-refractivity contribution in [2.24, 2.45) is 0 Å². The average Bonchev–Trinajstić information content (AvgIpc) is 2.26. The minimum Gasteiger partial charge on any atom is -0.388 e. The Balaban J connectivity index is 2.67. The molecule has 0 aliphatic carbocycles. The van der Waals surface area contributed by atoms with Gasteiger partial charge in [0.15, 0.2) is 0 Å². The van der Waals surface area contributed by atoms with E-state index in [-0.39, 0.29) is 5.60 Å². The van der Waals surface area contributed by atoms with Gasteiger partial charge in [0.1, 0.15) is 0 Å². The van der Waals surface area contributed by atoms with Crippen molar-refractivity contribution < 1.29 is 9.84 Å². The standard InChI is InChI=1S/C14H23NO2/c1-10-6-7-12(11(2)15-10)13(16)8-9-14(3,4)17-5/h6-7,13,16H,8-9H2,1-5H3. The molecule has 0 saturated heterocycles. The average molecular weight is 237 g/mol. The molecule has 0 fully saturated rings. The lowest BCUT2D eigenvalue weighted by Gasteiger charge is -2.24. The second kappa shape index (κ2) is 5.61. The molecule has 1 rings (SSSR count). The Morgan fingerprint density at radius 3 is 2.53 bits per heavy atom. The van der Waals surface area contributed by atoms with Crippen molar-refractivity contribution in [3.63, 3.8) is 0 Å². The predicted octanol–water partition coefficient (Wildman–Crippen LogP) is 2.94. The fraction of sp³-hybridized carbons (Fsp3) is 0.643. The lowest BCUT2D eigenvalue weighted by molar-refractivity contribution is 0.00269. The molecule has 96 valence electrons. The molecule has 0 bridgehead atoms. The smallest absolute Gasteiger partial charge is 0.0808 e. The molecule has 0 aromatic carbocycles. The molecule has 1 N–H and O–H groups in total. The van der Waals surface area contributed by atoms with Crippen LogP contribution in [0.5, 0.6) is 0 Å². The number of hydrogen-bond donors (Lipinski definition) is 1. The zero-order chi connectivity index (χ0) is 13.1. The quantitative estimate of drug-likeness (QED) is 0.856. The van der Waals surface area contributed by atoms with Gasteiger partial charge in [-0.05, 0) is 46.6 Å². The molecule has 1 aromatic rings. The summed E-state index contributed by atoms with van der Waals surface area (Å²) in [5.74, 6) is 0. The van der Waals surface area contributed by atoms with Gasteiger partial charge in [0, 0.05) is 24.1 Å². The van der Waals surface area contributed by atoms with Gasteiger partial charge < -0.3 is 9.84 Å².